The van der Waals surface area contributed by atoms with Gasteiger partial charge < -0.3 is 16.0 Å². The lowest BCUT2D eigenvalue weighted by Crippen LogP contribution is -2.47. The highest BCUT2D eigenvalue weighted by Crippen LogP contribution is 2.28. The van der Waals surface area contributed by atoms with Crippen molar-refractivity contribution in [3.8, 4) is 6.07 Å². The average Bonchev–Trinajstić information content (AvgIpc) is 3.27. The van der Waals surface area contributed by atoms with Gasteiger partial charge in [0.15, 0.2) is 0 Å². The number of hydrogen-bond acceptors (Lipinski definition) is 6. The maximum absolute atomic E-state index is 12.2. The molecule has 23 heavy (non-hydrogen) atoms. The molecule has 2 aromatic heterocycles. The van der Waals surface area contributed by atoms with Crippen LogP contribution in [0.2, 0.25) is 0 Å². The molecule has 120 valence electrons. The van der Waals surface area contributed by atoms with Gasteiger partial charge in [-0.2, -0.15) is 5.26 Å². The second kappa shape index (κ2) is 7.13. The van der Waals surface area contributed by atoms with E-state index in [0.717, 1.165) is 35.0 Å². The molecule has 1 aliphatic rings. The van der Waals surface area contributed by atoms with E-state index in [1.807, 2.05) is 29.0 Å². The monoisotopic (exact) mass is 346 g/mol. The topological polar surface area (TPSA) is 82.2 Å². The molecule has 2 atom stereocenters. The highest BCUT2D eigenvalue weighted by atomic mass is 32.1. The van der Waals surface area contributed by atoms with E-state index in [4.69, 9.17) is 11.0 Å². The lowest BCUT2D eigenvalue weighted by Gasteiger charge is -2.19. The number of nitrogens with zero attached hydrogens (tertiary/aromatic N) is 2. The zero-order valence-corrected chi connectivity index (χ0v) is 14.2. The Morgan fingerprint density at radius 2 is 2.35 bits per heavy atom. The fourth-order valence-corrected chi connectivity index (χ4v) is 4.25. The van der Waals surface area contributed by atoms with Crippen molar-refractivity contribution in [2.45, 2.75) is 24.9 Å². The van der Waals surface area contributed by atoms with Crippen molar-refractivity contribution in [2.24, 2.45) is 5.73 Å². The summed E-state index contributed by atoms with van der Waals surface area (Å²) in [5.41, 5.74) is 6.97. The predicted octanol–water partition coefficient (Wildman–Crippen LogP) is 1.95. The van der Waals surface area contributed by atoms with Gasteiger partial charge in [0, 0.05) is 30.4 Å². The molecule has 7 heteroatoms. The summed E-state index contributed by atoms with van der Waals surface area (Å²) in [6.45, 7) is 1.57. The van der Waals surface area contributed by atoms with Crippen molar-refractivity contribution >= 4 is 34.3 Å². The van der Waals surface area contributed by atoms with Crippen LogP contribution >= 0.6 is 22.7 Å². The summed E-state index contributed by atoms with van der Waals surface area (Å²) in [4.78, 5) is 16.2. The fraction of sp³-hybridized carbons (Fsp3) is 0.375. The Labute approximate surface area is 143 Å². The molecule has 5 nitrogen and oxygen atoms in total. The van der Waals surface area contributed by atoms with Gasteiger partial charge in [-0.1, -0.05) is 6.07 Å². The van der Waals surface area contributed by atoms with Crippen molar-refractivity contribution in [3.63, 3.8) is 0 Å². The molecule has 1 fully saturated rings. The van der Waals surface area contributed by atoms with E-state index in [2.05, 4.69) is 16.3 Å². The number of amides is 1. The van der Waals surface area contributed by atoms with Gasteiger partial charge in [0.25, 0.3) is 0 Å². The molecule has 3 rings (SSSR count). The maximum Gasteiger partial charge on any atom is 0.237 e. The number of rotatable bonds is 5. The molecule has 1 saturated heterocycles. The van der Waals surface area contributed by atoms with Crippen molar-refractivity contribution in [2.75, 3.05) is 18.0 Å². The van der Waals surface area contributed by atoms with Crippen LogP contribution in [0.1, 0.15) is 16.2 Å². The first kappa shape index (κ1) is 16.0. The van der Waals surface area contributed by atoms with Crippen LogP contribution in [-0.2, 0) is 11.2 Å². The number of thiophene rings is 2. The first-order chi connectivity index (χ1) is 11.2. The number of anilines is 1. The second-order valence-electron chi connectivity index (χ2n) is 5.58. The highest BCUT2D eigenvalue weighted by molar-refractivity contribution is 7.11. The van der Waals surface area contributed by atoms with Gasteiger partial charge in [-0.05, 0) is 29.3 Å². The van der Waals surface area contributed by atoms with Crippen molar-refractivity contribution < 1.29 is 4.79 Å². The smallest absolute Gasteiger partial charge is 0.237 e. The Bertz CT molecular complexity index is 704. The van der Waals surface area contributed by atoms with Gasteiger partial charge in [0.05, 0.1) is 11.7 Å². The zero-order valence-electron chi connectivity index (χ0n) is 12.6. The quantitative estimate of drug-likeness (QED) is 0.867. The van der Waals surface area contributed by atoms with Crippen molar-refractivity contribution in [1.29, 1.82) is 5.26 Å². The van der Waals surface area contributed by atoms with Gasteiger partial charge in [0.2, 0.25) is 5.91 Å². The third-order valence-corrected chi connectivity index (χ3v) is 5.67. The summed E-state index contributed by atoms with van der Waals surface area (Å²) in [6.07, 6.45) is 1.45. The van der Waals surface area contributed by atoms with Crippen molar-refractivity contribution in [3.05, 3.63) is 38.7 Å². The highest BCUT2D eigenvalue weighted by Gasteiger charge is 2.27. The van der Waals surface area contributed by atoms with Gasteiger partial charge in [-0.25, -0.2) is 0 Å². The first-order valence-corrected chi connectivity index (χ1v) is 9.24. The Hall–Kier alpha value is -1.88. The van der Waals surface area contributed by atoms with Crippen LogP contribution in [0.4, 0.5) is 5.69 Å². The molecule has 3 heterocycles. The molecule has 0 bridgehead atoms. The molecule has 0 saturated carbocycles. The summed E-state index contributed by atoms with van der Waals surface area (Å²) in [7, 11) is 0. The molecule has 0 aliphatic carbocycles. The lowest BCUT2D eigenvalue weighted by molar-refractivity contribution is -0.122. The summed E-state index contributed by atoms with van der Waals surface area (Å²) in [5.74, 6) is -0.101. The van der Waals surface area contributed by atoms with Crippen LogP contribution in [0.25, 0.3) is 0 Å². The van der Waals surface area contributed by atoms with Gasteiger partial charge in [-0.15, -0.1) is 22.7 Å². The standard InChI is InChI=1S/C16H18N4OS2/c17-9-15-14(4-7-23-15)20-5-3-11(10-20)19-16(21)13(18)8-12-2-1-6-22-12/h1-2,4,6-7,11,13H,3,5,8,10,18H2,(H,19,21)/t11-,13-/m0/s1. The van der Waals surface area contributed by atoms with Gasteiger partial charge in [0.1, 0.15) is 10.9 Å². The predicted molar refractivity (Wildman–Crippen MR) is 93.8 cm³/mol. The van der Waals surface area contributed by atoms with E-state index >= 15 is 0 Å². The zero-order chi connectivity index (χ0) is 16.2. The molecule has 1 amide bonds. The van der Waals surface area contributed by atoms with Crippen LogP contribution in [0.15, 0.2) is 29.0 Å². The molecule has 3 N–H and O–H groups in total. The molecule has 1 aliphatic heterocycles. The van der Waals surface area contributed by atoms with E-state index in [1.54, 1.807) is 11.3 Å². The van der Waals surface area contributed by atoms with E-state index < -0.39 is 6.04 Å². The Kier molecular flexibility index (Phi) is 4.96. The fourth-order valence-electron chi connectivity index (χ4n) is 2.78. The second-order valence-corrected chi connectivity index (χ2v) is 7.53. The average molecular weight is 346 g/mol. The third kappa shape index (κ3) is 3.72. The molecule has 0 radical (unpaired) electrons. The molecule has 2 aromatic rings. The summed E-state index contributed by atoms with van der Waals surface area (Å²) in [5, 5.41) is 16.1. The molecule has 0 unspecified atom stereocenters. The summed E-state index contributed by atoms with van der Waals surface area (Å²) < 4.78 is 0. The molecule has 0 spiro atoms. The van der Waals surface area contributed by atoms with Crippen LogP contribution < -0.4 is 16.0 Å². The number of carbonyl (C=O) groups is 1. The minimum atomic E-state index is -0.515. The largest absolute Gasteiger partial charge is 0.368 e. The minimum absolute atomic E-state index is 0.0864. The summed E-state index contributed by atoms with van der Waals surface area (Å²) in [6, 6.07) is 7.72. The molecular formula is C16H18N4OS2. The van der Waals surface area contributed by atoms with E-state index in [-0.39, 0.29) is 11.9 Å². The van der Waals surface area contributed by atoms with E-state index in [1.165, 1.54) is 11.3 Å². The SMILES string of the molecule is N#Cc1sccc1N1CC[C@H](NC(=O)[C@@H](N)Cc2cccs2)C1. The van der Waals surface area contributed by atoms with Crippen LogP contribution in [0.5, 0.6) is 0 Å². The van der Waals surface area contributed by atoms with Gasteiger partial charge >= 0.3 is 0 Å². The number of nitriles is 1. The van der Waals surface area contributed by atoms with E-state index in [0.29, 0.717) is 6.42 Å². The maximum atomic E-state index is 12.2. The lowest BCUT2D eigenvalue weighted by atomic mass is 10.1. The Morgan fingerprint density at radius 3 is 3.09 bits per heavy atom. The summed E-state index contributed by atoms with van der Waals surface area (Å²) >= 11 is 3.07. The normalized spacial score (nSPS) is 18.6. The van der Waals surface area contributed by atoms with Crippen LogP contribution in [-0.4, -0.2) is 31.1 Å². The molecule has 0 aromatic carbocycles. The van der Waals surface area contributed by atoms with Crippen LogP contribution in [0.3, 0.4) is 0 Å². The number of hydrogen-bond donors (Lipinski definition) is 2. The van der Waals surface area contributed by atoms with Crippen LogP contribution in [0, 0.1) is 11.3 Å². The van der Waals surface area contributed by atoms with Gasteiger partial charge in [-0.3, -0.25) is 4.79 Å². The number of nitrogens with two attached hydrogens (primary N) is 1. The number of nitrogens with one attached hydrogen (secondary N) is 1. The minimum Gasteiger partial charge on any atom is -0.368 e. The Morgan fingerprint density at radius 1 is 1.48 bits per heavy atom. The first-order valence-electron chi connectivity index (χ1n) is 7.48. The van der Waals surface area contributed by atoms with E-state index in [9.17, 15) is 4.79 Å². The number of carbonyl (C=O) groups excluding carboxylic acids is 1. The Balaban J connectivity index is 1.53. The molecular weight excluding hydrogens is 328 g/mol. The third-order valence-electron chi connectivity index (χ3n) is 3.96. The van der Waals surface area contributed by atoms with Crippen molar-refractivity contribution in [1.82, 2.24) is 5.32 Å².